The zero-order chi connectivity index (χ0) is 15.8. The van der Waals surface area contributed by atoms with E-state index in [0.29, 0.717) is 18.0 Å². The highest BCUT2D eigenvalue weighted by Gasteiger charge is 2.10. The number of benzene rings is 1. The highest BCUT2D eigenvalue weighted by Crippen LogP contribution is 2.23. The summed E-state index contributed by atoms with van der Waals surface area (Å²) in [5, 5.41) is 1.00. The molecule has 6 heteroatoms. The summed E-state index contributed by atoms with van der Waals surface area (Å²) in [7, 11) is 1.92. The first-order valence-corrected chi connectivity index (χ1v) is 8.06. The number of rotatable bonds is 3. The molecule has 0 spiro atoms. The van der Waals surface area contributed by atoms with E-state index in [9.17, 15) is 4.79 Å². The topological polar surface area (TPSA) is 50.5 Å². The van der Waals surface area contributed by atoms with Crippen molar-refractivity contribution in [3.63, 3.8) is 0 Å². The second-order valence-electron chi connectivity index (χ2n) is 5.31. The van der Waals surface area contributed by atoms with Crippen molar-refractivity contribution in [2.24, 2.45) is 0 Å². The van der Waals surface area contributed by atoms with Gasteiger partial charge in [0.05, 0.1) is 16.8 Å². The van der Waals surface area contributed by atoms with Gasteiger partial charge in [0.1, 0.15) is 16.5 Å². The van der Waals surface area contributed by atoms with Crippen molar-refractivity contribution < 1.29 is 0 Å². The Morgan fingerprint density at radius 2 is 1.96 bits per heavy atom. The molecular weight excluding hydrogens is 308 g/mol. The average Bonchev–Trinajstić information content (AvgIpc) is 2.97. The molecule has 0 aliphatic rings. The van der Waals surface area contributed by atoms with E-state index in [-0.39, 0.29) is 5.56 Å². The van der Waals surface area contributed by atoms with Crippen molar-refractivity contribution in [1.82, 2.24) is 14.4 Å². The van der Waals surface area contributed by atoms with Gasteiger partial charge in [-0.1, -0.05) is 18.2 Å². The number of anilines is 1. The maximum absolute atomic E-state index is 12.2. The number of thiazole rings is 1. The molecule has 4 aromatic rings. The lowest BCUT2D eigenvalue weighted by molar-refractivity contribution is 0.881. The van der Waals surface area contributed by atoms with E-state index in [4.69, 9.17) is 0 Å². The van der Waals surface area contributed by atoms with Gasteiger partial charge in [0, 0.05) is 19.3 Å². The number of para-hydroxylation sites is 1. The van der Waals surface area contributed by atoms with E-state index in [1.807, 2.05) is 48.3 Å². The molecule has 1 aromatic carbocycles. The maximum Gasteiger partial charge on any atom is 0.259 e. The van der Waals surface area contributed by atoms with E-state index in [0.717, 1.165) is 10.5 Å². The van der Waals surface area contributed by atoms with Gasteiger partial charge in [-0.3, -0.25) is 9.20 Å². The predicted molar refractivity (Wildman–Crippen MR) is 93.2 cm³/mol. The molecule has 0 N–H and O–H groups in total. The van der Waals surface area contributed by atoms with E-state index in [1.165, 1.54) is 9.10 Å². The minimum Gasteiger partial charge on any atom is -0.353 e. The van der Waals surface area contributed by atoms with Gasteiger partial charge in [0.15, 0.2) is 0 Å². The van der Waals surface area contributed by atoms with Crippen molar-refractivity contribution in [2.45, 2.75) is 6.54 Å². The molecule has 0 fully saturated rings. The van der Waals surface area contributed by atoms with E-state index in [1.54, 1.807) is 23.6 Å². The summed E-state index contributed by atoms with van der Waals surface area (Å²) in [4.78, 5) is 23.3. The minimum atomic E-state index is -0.0817. The number of hydrogen-bond donors (Lipinski definition) is 0. The molecule has 0 amide bonds. The summed E-state index contributed by atoms with van der Waals surface area (Å²) >= 11 is 1.66. The van der Waals surface area contributed by atoms with Crippen LogP contribution in [0.15, 0.2) is 59.5 Å². The van der Waals surface area contributed by atoms with Gasteiger partial charge >= 0.3 is 0 Å². The number of pyridine rings is 1. The Bertz CT molecular complexity index is 1020. The lowest BCUT2D eigenvalue weighted by Crippen LogP contribution is -2.22. The Balaban J connectivity index is 1.68. The van der Waals surface area contributed by atoms with Crippen molar-refractivity contribution in [3.8, 4) is 0 Å². The van der Waals surface area contributed by atoms with E-state index in [2.05, 4.69) is 16.0 Å². The van der Waals surface area contributed by atoms with Crippen LogP contribution in [0.5, 0.6) is 0 Å². The summed E-state index contributed by atoms with van der Waals surface area (Å²) in [5.74, 6) is 0.653. The monoisotopic (exact) mass is 322 g/mol. The highest BCUT2D eigenvalue weighted by molar-refractivity contribution is 7.18. The van der Waals surface area contributed by atoms with Gasteiger partial charge in [-0.05, 0) is 24.3 Å². The second kappa shape index (κ2) is 5.48. The Morgan fingerprint density at radius 3 is 2.83 bits per heavy atom. The SMILES string of the molecule is CN(Cc1nc2ccccc2s1)c1cc(=O)n2ccccc2n1. The highest BCUT2D eigenvalue weighted by atomic mass is 32.1. The van der Waals surface area contributed by atoms with Crippen molar-refractivity contribution in [3.05, 3.63) is 70.1 Å². The number of fused-ring (bicyclic) bond motifs is 2. The van der Waals surface area contributed by atoms with Crippen LogP contribution in [0, 0.1) is 0 Å². The van der Waals surface area contributed by atoms with Crippen molar-refractivity contribution >= 4 is 33.0 Å². The van der Waals surface area contributed by atoms with Gasteiger partial charge in [-0.2, -0.15) is 0 Å². The summed E-state index contributed by atoms with van der Waals surface area (Å²) in [6.45, 7) is 0.620. The zero-order valence-electron chi connectivity index (χ0n) is 12.5. The molecule has 0 unspecified atom stereocenters. The second-order valence-corrected chi connectivity index (χ2v) is 6.43. The Morgan fingerprint density at radius 1 is 1.13 bits per heavy atom. The fourth-order valence-corrected chi connectivity index (χ4v) is 3.53. The lowest BCUT2D eigenvalue weighted by Gasteiger charge is -2.16. The molecule has 5 nitrogen and oxygen atoms in total. The molecule has 114 valence electrons. The fourth-order valence-electron chi connectivity index (χ4n) is 2.51. The molecular formula is C17H14N4OS. The first kappa shape index (κ1) is 13.9. The Hall–Kier alpha value is -2.73. The van der Waals surface area contributed by atoms with Gasteiger partial charge in [0.25, 0.3) is 5.56 Å². The van der Waals surface area contributed by atoms with E-state index >= 15 is 0 Å². The third kappa shape index (κ3) is 2.57. The molecule has 3 aromatic heterocycles. The van der Waals surface area contributed by atoms with Crippen LogP contribution in [-0.4, -0.2) is 21.4 Å². The minimum absolute atomic E-state index is 0.0817. The quantitative estimate of drug-likeness (QED) is 0.582. The van der Waals surface area contributed by atoms with E-state index < -0.39 is 0 Å². The molecule has 23 heavy (non-hydrogen) atoms. The molecule has 0 atom stereocenters. The lowest BCUT2D eigenvalue weighted by atomic mass is 10.3. The smallest absolute Gasteiger partial charge is 0.259 e. The number of hydrogen-bond acceptors (Lipinski definition) is 5. The zero-order valence-corrected chi connectivity index (χ0v) is 13.3. The third-order valence-electron chi connectivity index (χ3n) is 3.66. The average molecular weight is 322 g/mol. The summed E-state index contributed by atoms with van der Waals surface area (Å²) in [6.07, 6.45) is 1.72. The van der Waals surface area contributed by atoms with Gasteiger partial charge < -0.3 is 4.90 Å². The largest absolute Gasteiger partial charge is 0.353 e. The summed E-state index contributed by atoms with van der Waals surface area (Å²) in [5.41, 5.74) is 1.57. The molecule has 0 bridgehead atoms. The molecule has 0 saturated heterocycles. The molecule has 4 rings (SSSR count). The first-order valence-electron chi connectivity index (χ1n) is 7.25. The summed E-state index contributed by atoms with van der Waals surface area (Å²) < 4.78 is 2.71. The third-order valence-corrected chi connectivity index (χ3v) is 4.68. The van der Waals surface area contributed by atoms with Crippen molar-refractivity contribution in [1.29, 1.82) is 0 Å². The van der Waals surface area contributed by atoms with Crippen LogP contribution in [0.25, 0.3) is 15.9 Å². The van der Waals surface area contributed by atoms with Crippen LogP contribution >= 0.6 is 11.3 Å². The normalized spacial score (nSPS) is 11.2. The van der Waals surface area contributed by atoms with Crippen LogP contribution in [0.4, 0.5) is 5.82 Å². The number of nitrogens with zero attached hydrogens (tertiary/aromatic N) is 4. The fraction of sp³-hybridized carbons (Fsp3) is 0.118. The Labute approximate surface area is 136 Å². The van der Waals surface area contributed by atoms with Crippen molar-refractivity contribution in [2.75, 3.05) is 11.9 Å². The first-order chi connectivity index (χ1) is 11.2. The maximum atomic E-state index is 12.2. The molecule has 3 heterocycles. The predicted octanol–water partition coefficient (Wildman–Crippen LogP) is 2.94. The van der Waals surface area contributed by atoms with Gasteiger partial charge in [-0.25, -0.2) is 9.97 Å². The van der Waals surface area contributed by atoms with Crippen LogP contribution < -0.4 is 10.5 Å². The van der Waals surface area contributed by atoms with Crippen LogP contribution in [0.2, 0.25) is 0 Å². The van der Waals surface area contributed by atoms with Gasteiger partial charge in [-0.15, -0.1) is 11.3 Å². The van der Waals surface area contributed by atoms with Crippen LogP contribution in [-0.2, 0) is 6.54 Å². The van der Waals surface area contributed by atoms with Crippen LogP contribution in [0.1, 0.15) is 5.01 Å². The molecule has 0 aliphatic heterocycles. The standard InChI is InChI=1S/C17H14N4OS/c1-20(11-16-18-12-6-2-3-7-13(12)23-16)15-10-17(22)21-9-5-4-8-14(21)19-15/h2-10H,11H2,1H3. The molecule has 0 saturated carbocycles. The van der Waals surface area contributed by atoms with Crippen LogP contribution in [0.3, 0.4) is 0 Å². The summed E-state index contributed by atoms with van der Waals surface area (Å²) in [6, 6.07) is 15.2. The van der Waals surface area contributed by atoms with Gasteiger partial charge in [0.2, 0.25) is 0 Å². The number of aromatic nitrogens is 3. The molecule has 0 aliphatic carbocycles. The molecule has 0 radical (unpaired) electrons. The Kier molecular flexibility index (Phi) is 3.31.